The Morgan fingerprint density at radius 3 is 2.16 bits per heavy atom. The van der Waals surface area contributed by atoms with Gasteiger partial charge in [0.05, 0.1) is 37.8 Å². The van der Waals surface area contributed by atoms with Crippen molar-refractivity contribution in [2.45, 2.75) is 45.4 Å². The molecule has 7 nitrogen and oxygen atoms in total. The van der Waals surface area contributed by atoms with E-state index in [1.807, 2.05) is 0 Å². The number of hydrogen-bond acceptors (Lipinski definition) is 7. The number of rotatable bonds is 9. The predicted molar refractivity (Wildman–Crippen MR) is 84.5 cm³/mol. The van der Waals surface area contributed by atoms with E-state index in [2.05, 4.69) is 0 Å². The molecule has 0 bridgehead atoms. The van der Waals surface area contributed by atoms with Gasteiger partial charge in [-0.3, -0.25) is 14.2 Å². The molecule has 25 heavy (non-hydrogen) atoms. The number of halogens is 2. The summed E-state index contributed by atoms with van der Waals surface area (Å²) in [4.78, 5) is 24.2. The third kappa shape index (κ3) is 4.64. The summed E-state index contributed by atoms with van der Waals surface area (Å²) < 4.78 is 62.4. The van der Waals surface area contributed by atoms with Crippen molar-refractivity contribution < 1.29 is 41.5 Å². The maximum absolute atomic E-state index is 15.1. The van der Waals surface area contributed by atoms with Gasteiger partial charge in [0, 0.05) is 20.0 Å². The number of methoxy groups -OCH3 is 1. The van der Waals surface area contributed by atoms with E-state index in [0.717, 1.165) is 0 Å². The summed E-state index contributed by atoms with van der Waals surface area (Å²) in [6.45, 7) is 3.76. The van der Waals surface area contributed by atoms with Gasteiger partial charge in [0.25, 0.3) is 0 Å². The number of carbonyl (C=O) groups excluding carboxylic acids is 2. The second-order valence-corrected chi connectivity index (χ2v) is 7.63. The lowest BCUT2D eigenvalue weighted by molar-refractivity contribution is -0.169. The van der Waals surface area contributed by atoms with Crippen LogP contribution in [0.15, 0.2) is 0 Å². The number of ketones is 1. The van der Waals surface area contributed by atoms with Crippen molar-refractivity contribution in [3.8, 4) is 0 Å². The van der Waals surface area contributed by atoms with Gasteiger partial charge in [-0.15, -0.1) is 0 Å². The highest BCUT2D eigenvalue weighted by molar-refractivity contribution is 7.55. The summed E-state index contributed by atoms with van der Waals surface area (Å²) in [5.41, 5.74) is -4.05. The van der Waals surface area contributed by atoms with Crippen LogP contribution in [0.5, 0.6) is 0 Å². The van der Waals surface area contributed by atoms with E-state index in [1.54, 1.807) is 0 Å². The Hall–Kier alpha value is -0.890. The molecule has 0 aromatic carbocycles. The molecule has 1 saturated carbocycles. The number of carbonyl (C=O) groups is 2. The summed E-state index contributed by atoms with van der Waals surface area (Å²) in [5, 5.41) is 0. The second-order valence-electron chi connectivity index (χ2n) is 5.53. The summed E-state index contributed by atoms with van der Waals surface area (Å²) in [7, 11) is -3.68. The molecule has 0 aromatic rings. The maximum Gasteiger partial charge on any atom is 0.399 e. The van der Waals surface area contributed by atoms with Crippen molar-refractivity contribution in [2.75, 3.05) is 26.9 Å². The highest BCUT2D eigenvalue weighted by Crippen LogP contribution is 2.67. The van der Waals surface area contributed by atoms with Crippen molar-refractivity contribution >= 4 is 19.3 Å². The van der Waals surface area contributed by atoms with E-state index in [4.69, 9.17) is 18.5 Å². The second kappa shape index (κ2) is 9.16. The lowest BCUT2D eigenvalue weighted by Crippen LogP contribution is -2.50. The van der Waals surface area contributed by atoms with Crippen molar-refractivity contribution in [1.29, 1.82) is 0 Å². The van der Waals surface area contributed by atoms with Gasteiger partial charge in [0.2, 0.25) is 0 Å². The first-order valence-electron chi connectivity index (χ1n) is 8.16. The van der Waals surface area contributed by atoms with Crippen LogP contribution in [0.4, 0.5) is 8.78 Å². The molecule has 0 saturated heterocycles. The molecular weight excluding hydrogens is 361 g/mol. The molecule has 1 fully saturated rings. The summed E-state index contributed by atoms with van der Waals surface area (Å²) in [6, 6.07) is 0. The van der Waals surface area contributed by atoms with Gasteiger partial charge in [0.1, 0.15) is 5.78 Å². The SMILES string of the molecule is CCOC(=O)[C@@H]1[C@@H](OC)CC(=O)C[C@H]1C(F)(F)P(=O)(OCC)OCC. The standard InChI is InChI=1S/C15H25F2O7P/c1-5-22-14(19)13-11(8-10(18)9-12(13)21-4)15(16,17)25(20,23-6-2)24-7-3/h11-13H,5-9H2,1-4H3/t11-,12+,13+/m1/s1. The molecule has 0 amide bonds. The molecular formula is C15H25F2O7P. The number of ether oxygens (including phenoxy) is 2. The minimum Gasteiger partial charge on any atom is -0.466 e. The van der Waals surface area contributed by atoms with Crippen LogP contribution in [0.3, 0.4) is 0 Å². The van der Waals surface area contributed by atoms with Crippen LogP contribution in [0.1, 0.15) is 33.6 Å². The first kappa shape index (κ1) is 22.2. The fourth-order valence-corrected chi connectivity index (χ4v) is 4.70. The van der Waals surface area contributed by atoms with Gasteiger partial charge in [-0.1, -0.05) is 0 Å². The molecule has 10 heteroatoms. The normalized spacial score (nSPS) is 25.0. The summed E-state index contributed by atoms with van der Waals surface area (Å²) >= 11 is 0. The highest BCUT2D eigenvalue weighted by atomic mass is 31.2. The van der Waals surface area contributed by atoms with Crippen LogP contribution in [0.2, 0.25) is 0 Å². The van der Waals surface area contributed by atoms with Crippen molar-refractivity contribution in [1.82, 2.24) is 0 Å². The average molecular weight is 386 g/mol. The Morgan fingerprint density at radius 1 is 1.16 bits per heavy atom. The van der Waals surface area contributed by atoms with Crippen LogP contribution in [-0.4, -0.2) is 50.5 Å². The van der Waals surface area contributed by atoms with Crippen molar-refractivity contribution in [3.05, 3.63) is 0 Å². The Morgan fingerprint density at radius 2 is 1.72 bits per heavy atom. The van der Waals surface area contributed by atoms with E-state index < -0.39 is 49.4 Å². The molecule has 146 valence electrons. The zero-order valence-corrected chi connectivity index (χ0v) is 15.7. The largest absolute Gasteiger partial charge is 0.466 e. The number of alkyl halides is 2. The fraction of sp³-hybridized carbons (Fsp3) is 0.867. The van der Waals surface area contributed by atoms with Crippen molar-refractivity contribution in [3.63, 3.8) is 0 Å². The summed E-state index contributed by atoms with van der Waals surface area (Å²) in [6.07, 6.45) is -1.92. The molecule has 3 atom stereocenters. The third-order valence-corrected chi connectivity index (χ3v) is 6.24. The minimum atomic E-state index is -4.90. The van der Waals surface area contributed by atoms with Crippen molar-refractivity contribution in [2.24, 2.45) is 11.8 Å². The molecule has 0 unspecified atom stereocenters. The van der Waals surface area contributed by atoms with Crippen LogP contribution in [-0.2, 0) is 32.7 Å². The number of Topliss-reactive ketones (excluding diaryl/α,β-unsaturated/α-hetero) is 1. The first-order chi connectivity index (χ1) is 11.7. The monoisotopic (exact) mass is 386 g/mol. The zero-order chi connectivity index (χ0) is 19.3. The van der Waals surface area contributed by atoms with E-state index >= 15 is 8.78 Å². The molecule has 0 radical (unpaired) electrons. The van der Waals surface area contributed by atoms with Gasteiger partial charge in [-0.05, 0) is 20.8 Å². The molecule has 0 aliphatic heterocycles. The molecule has 0 heterocycles. The maximum atomic E-state index is 15.1. The Bertz CT molecular complexity index is 516. The lowest BCUT2D eigenvalue weighted by Gasteiger charge is -2.40. The Kier molecular flexibility index (Phi) is 8.12. The molecule has 0 spiro atoms. The average Bonchev–Trinajstić information content (AvgIpc) is 2.54. The smallest absolute Gasteiger partial charge is 0.399 e. The molecule has 1 aliphatic rings. The number of hydrogen-bond donors (Lipinski definition) is 0. The van der Waals surface area contributed by atoms with Gasteiger partial charge >= 0.3 is 19.2 Å². The van der Waals surface area contributed by atoms with E-state index in [-0.39, 0.29) is 26.2 Å². The topological polar surface area (TPSA) is 88.1 Å². The quantitative estimate of drug-likeness (QED) is 0.445. The fourth-order valence-electron chi connectivity index (χ4n) is 2.94. The third-order valence-electron chi connectivity index (χ3n) is 3.98. The van der Waals surface area contributed by atoms with Crippen LogP contribution >= 0.6 is 7.60 Å². The summed E-state index contributed by atoms with van der Waals surface area (Å²) in [5.74, 6) is -4.80. The van der Waals surface area contributed by atoms with Crippen LogP contribution in [0, 0.1) is 11.8 Å². The Labute approximate surface area is 145 Å². The van der Waals surface area contributed by atoms with E-state index in [1.165, 1.54) is 27.9 Å². The van der Waals surface area contributed by atoms with Gasteiger partial charge in [-0.2, -0.15) is 8.78 Å². The predicted octanol–water partition coefficient (Wildman–Crippen LogP) is 3.02. The molecule has 1 aliphatic carbocycles. The minimum absolute atomic E-state index is 0.0212. The first-order valence-corrected chi connectivity index (χ1v) is 9.70. The zero-order valence-electron chi connectivity index (χ0n) is 14.8. The Balaban J connectivity index is 3.35. The lowest BCUT2D eigenvalue weighted by atomic mass is 9.76. The molecule has 1 rings (SSSR count). The van der Waals surface area contributed by atoms with Crippen LogP contribution in [0.25, 0.3) is 0 Å². The van der Waals surface area contributed by atoms with Gasteiger partial charge in [0.15, 0.2) is 0 Å². The molecule has 0 N–H and O–H groups in total. The van der Waals surface area contributed by atoms with E-state index in [9.17, 15) is 14.2 Å². The molecule has 0 aromatic heterocycles. The van der Waals surface area contributed by atoms with Crippen LogP contribution < -0.4 is 0 Å². The van der Waals surface area contributed by atoms with Gasteiger partial charge < -0.3 is 18.5 Å². The van der Waals surface area contributed by atoms with E-state index in [0.29, 0.717) is 0 Å². The number of esters is 1. The highest BCUT2D eigenvalue weighted by Gasteiger charge is 2.64. The van der Waals surface area contributed by atoms with Gasteiger partial charge in [-0.25, -0.2) is 0 Å².